The van der Waals surface area contributed by atoms with Crippen LogP contribution in [0.2, 0.25) is 0 Å². The van der Waals surface area contributed by atoms with Gasteiger partial charge >= 0.3 is 0 Å². The number of fused-ring (bicyclic) bond motifs is 2. The van der Waals surface area contributed by atoms with E-state index in [2.05, 4.69) is 67.8 Å². The lowest BCUT2D eigenvalue weighted by atomic mass is 9.92. The molecule has 0 aliphatic heterocycles. The van der Waals surface area contributed by atoms with E-state index in [4.69, 9.17) is 0 Å². The summed E-state index contributed by atoms with van der Waals surface area (Å²) in [5.74, 6) is 0. The molecule has 96 valence electrons. The minimum Gasteiger partial charge on any atom is -0.0991 e. The molecular formula is C20H16. The van der Waals surface area contributed by atoms with Crippen LogP contribution in [0.3, 0.4) is 0 Å². The van der Waals surface area contributed by atoms with Gasteiger partial charge in [-0.15, -0.1) is 0 Å². The lowest BCUT2D eigenvalue weighted by molar-refractivity contribution is 1.72. The van der Waals surface area contributed by atoms with Gasteiger partial charge in [0, 0.05) is 0 Å². The van der Waals surface area contributed by atoms with Gasteiger partial charge < -0.3 is 0 Å². The smallest absolute Gasteiger partial charge is 0.00328 e. The van der Waals surface area contributed by atoms with Crippen LogP contribution in [0.15, 0.2) is 86.0 Å². The van der Waals surface area contributed by atoms with Gasteiger partial charge in [0.15, 0.2) is 0 Å². The summed E-state index contributed by atoms with van der Waals surface area (Å²) in [6.07, 6.45) is 5.72. The van der Waals surface area contributed by atoms with E-state index >= 15 is 0 Å². The maximum Gasteiger partial charge on any atom is -0.00328 e. The van der Waals surface area contributed by atoms with E-state index in [0.29, 0.717) is 0 Å². The second kappa shape index (κ2) is 5.18. The Morgan fingerprint density at radius 3 is 1.95 bits per heavy atom. The Balaban J connectivity index is 2.42. The molecule has 0 saturated heterocycles. The van der Waals surface area contributed by atoms with Crippen molar-refractivity contribution in [2.24, 2.45) is 0 Å². The zero-order valence-electron chi connectivity index (χ0n) is 11.3. The Hall–Kier alpha value is -2.60. The number of rotatable bonds is 3. The number of benzene rings is 3. The lowest BCUT2D eigenvalue weighted by Crippen LogP contribution is -1.87. The van der Waals surface area contributed by atoms with E-state index in [1.54, 1.807) is 6.08 Å². The van der Waals surface area contributed by atoms with Crippen LogP contribution in [0.5, 0.6) is 0 Å². The summed E-state index contributed by atoms with van der Waals surface area (Å²) in [5, 5.41) is 4.97. The zero-order valence-corrected chi connectivity index (χ0v) is 11.3. The fraction of sp³-hybridized carbons (Fsp3) is 0. The van der Waals surface area contributed by atoms with E-state index in [-0.39, 0.29) is 0 Å². The van der Waals surface area contributed by atoms with Gasteiger partial charge in [-0.05, 0) is 38.7 Å². The van der Waals surface area contributed by atoms with Crippen molar-refractivity contribution in [3.8, 4) is 0 Å². The highest BCUT2D eigenvalue weighted by molar-refractivity contribution is 6.10. The highest BCUT2D eigenvalue weighted by Gasteiger charge is 2.08. The summed E-state index contributed by atoms with van der Waals surface area (Å²) in [5.41, 5.74) is 2.22. The largest absolute Gasteiger partial charge is 0.0991 e. The van der Waals surface area contributed by atoms with Crippen molar-refractivity contribution in [2.45, 2.75) is 0 Å². The van der Waals surface area contributed by atoms with Crippen molar-refractivity contribution in [1.82, 2.24) is 0 Å². The monoisotopic (exact) mass is 256 g/mol. The second-order valence-electron chi connectivity index (χ2n) is 4.81. The Bertz CT molecular complexity index is 781. The molecule has 3 aromatic carbocycles. The summed E-state index contributed by atoms with van der Waals surface area (Å²) in [6.45, 7) is 7.95. The van der Waals surface area contributed by atoms with Gasteiger partial charge in [-0.25, -0.2) is 0 Å². The minimum absolute atomic E-state index is 1.01. The third-order valence-electron chi connectivity index (χ3n) is 3.53. The Labute approximate surface area is 119 Å². The molecular weight excluding hydrogens is 240 g/mol. The predicted octanol–water partition coefficient (Wildman–Crippen LogP) is 5.75. The van der Waals surface area contributed by atoms with Crippen LogP contribution < -0.4 is 0 Å². The van der Waals surface area contributed by atoms with Crippen LogP contribution in [0.4, 0.5) is 0 Å². The van der Waals surface area contributed by atoms with Gasteiger partial charge in [-0.2, -0.15) is 0 Å². The molecule has 3 aromatic rings. The molecule has 0 atom stereocenters. The second-order valence-corrected chi connectivity index (χ2v) is 4.81. The highest BCUT2D eigenvalue weighted by Crippen LogP contribution is 2.33. The topological polar surface area (TPSA) is 0 Å². The quantitative estimate of drug-likeness (QED) is 0.413. The molecule has 0 aromatic heterocycles. The normalized spacial score (nSPS) is 11.2. The first-order chi connectivity index (χ1) is 9.81. The summed E-state index contributed by atoms with van der Waals surface area (Å²) >= 11 is 0. The predicted molar refractivity (Wildman–Crippen MR) is 89.8 cm³/mol. The van der Waals surface area contributed by atoms with Crippen molar-refractivity contribution in [3.05, 3.63) is 91.5 Å². The van der Waals surface area contributed by atoms with Crippen molar-refractivity contribution < 1.29 is 0 Å². The van der Waals surface area contributed by atoms with E-state index in [1.165, 1.54) is 27.1 Å². The average molecular weight is 256 g/mol. The molecule has 0 N–H and O–H groups in total. The molecule has 0 spiro atoms. The highest BCUT2D eigenvalue weighted by atomic mass is 14.1. The third kappa shape index (κ3) is 2.06. The Kier molecular flexibility index (Phi) is 3.22. The summed E-state index contributed by atoms with van der Waals surface area (Å²) in [4.78, 5) is 0. The molecule has 0 unspecified atom stereocenters. The van der Waals surface area contributed by atoms with Crippen molar-refractivity contribution >= 4 is 27.1 Å². The van der Waals surface area contributed by atoms with Gasteiger partial charge in [-0.1, -0.05) is 79.9 Å². The van der Waals surface area contributed by atoms with Crippen molar-refractivity contribution in [1.29, 1.82) is 0 Å². The first kappa shape index (κ1) is 12.4. The van der Waals surface area contributed by atoms with Gasteiger partial charge in [-0.3, -0.25) is 0 Å². The molecule has 0 radical (unpaired) electrons. The number of hydrogen-bond acceptors (Lipinski definition) is 0. The molecule has 0 heterocycles. The molecule has 3 rings (SSSR count). The van der Waals surface area contributed by atoms with E-state index < -0.39 is 0 Å². The Morgan fingerprint density at radius 2 is 1.40 bits per heavy atom. The standard InChI is InChI=1S/C20H16/c1-3-4-9-15(2)20-18-12-7-5-10-16(18)14-17-11-6-8-13-19(17)20/h3-14H,1-2H2/b9-4-. The third-order valence-corrected chi connectivity index (χ3v) is 3.53. The molecule has 0 bridgehead atoms. The first-order valence-corrected chi connectivity index (χ1v) is 6.70. The maximum atomic E-state index is 4.23. The van der Waals surface area contributed by atoms with Gasteiger partial charge in [0.05, 0.1) is 0 Å². The number of hydrogen-bond donors (Lipinski definition) is 0. The SMILES string of the molecule is C=C/C=C\C(=C)c1c2ccccc2cc2ccccc12. The van der Waals surface area contributed by atoms with Gasteiger partial charge in [0.25, 0.3) is 0 Å². The molecule has 0 aliphatic carbocycles. The maximum absolute atomic E-state index is 4.23. The summed E-state index contributed by atoms with van der Waals surface area (Å²) in [6, 6.07) is 19.1. The molecule has 0 amide bonds. The van der Waals surface area contributed by atoms with Crippen molar-refractivity contribution in [2.75, 3.05) is 0 Å². The Morgan fingerprint density at radius 1 is 0.850 bits per heavy atom. The molecule has 0 fully saturated rings. The van der Waals surface area contributed by atoms with E-state index in [9.17, 15) is 0 Å². The van der Waals surface area contributed by atoms with E-state index in [1.807, 2.05) is 12.2 Å². The lowest BCUT2D eigenvalue weighted by Gasteiger charge is -2.11. The molecule has 0 saturated carbocycles. The fourth-order valence-corrected chi connectivity index (χ4v) is 2.63. The number of allylic oxidation sites excluding steroid dienone is 4. The first-order valence-electron chi connectivity index (χ1n) is 6.70. The molecule has 0 aliphatic rings. The van der Waals surface area contributed by atoms with Crippen molar-refractivity contribution in [3.63, 3.8) is 0 Å². The van der Waals surface area contributed by atoms with Gasteiger partial charge in [0.2, 0.25) is 0 Å². The van der Waals surface area contributed by atoms with Gasteiger partial charge in [0.1, 0.15) is 0 Å². The average Bonchev–Trinajstić information content (AvgIpc) is 2.50. The van der Waals surface area contributed by atoms with Crippen LogP contribution in [-0.2, 0) is 0 Å². The molecule has 0 heteroatoms. The molecule has 0 nitrogen and oxygen atoms in total. The van der Waals surface area contributed by atoms with Crippen LogP contribution >= 0.6 is 0 Å². The molecule has 20 heavy (non-hydrogen) atoms. The fourth-order valence-electron chi connectivity index (χ4n) is 2.63. The van der Waals surface area contributed by atoms with Crippen LogP contribution in [-0.4, -0.2) is 0 Å². The van der Waals surface area contributed by atoms with Crippen LogP contribution in [0, 0.1) is 0 Å². The summed E-state index contributed by atoms with van der Waals surface area (Å²) in [7, 11) is 0. The minimum atomic E-state index is 1.01. The van der Waals surface area contributed by atoms with E-state index in [0.717, 1.165) is 5.57 Å². The van der Waals surface area contributed by atoms with Crippen LogP contribution in [0.1, 0.15) is 5.56 Å². The zero-order chi connectivity index (χ0) is 13.9. The van der Waals surface area contributed by atoms with Crippen LogP contribution in [0.25, 0.3) is 27.1 Å². The summed E-state index contributed by atoms with van der Waals surface area (Å²) < 4.78 is 0.